The van der Waals surface area contributed by atoms with Crippen LogP contribution in [-0.4, -0.2) is 17.0 Å². The van der Waals surface area contributed by atoms with Gasteiger partial charge in [0.1, 0.15) is 0 Å². The number of benzene rings is 1. The molecular weight excluding hydrogens is 268 g/mol. The average molecular weight is 279 g/mol. The first-order chi connectivity index (χ1) is 9.04. The van der Waals surface area contributed by atoms with Crippen LogP contribution in [-0.2, 0) is 0 Å². The summed E-state index contributed by atoms with van der Waals surface area (Å²) in [5.74, 6) is 0.499. The summed E-state index contributed by atoms with van der Waals surface area (Å²) in [5.41, 5.74) is 1.94. The topological polar surface area (TPSA) is 65.3 Å². The first kappa shape index (κ1) is 13.3. The number of hydrogen-bond acceptors (Lipinski definition) is 4. The summed E-state index contributed by atoms with van der Waals surface area (Å²) in [6.07, 6.45) is 1.62. The third-order valence-corrected chi connectivity index (χ3v) is 3.30. The van der Waals surface area contributed by atoms with Gasteiger partial charge in [-0.2, -0.15) is 0 Å². The highest BCUT2D eigenvalue weighted by Crippen LogP contribution is 2.35. The first-order valence-corrected chi connectivity index (χ1v) is 5.86. The minimum atomic E-state index is -0.447. The molecule has 1 aromatic heterocycles. The lowest BCUT2D eigenvalue weighted by Crippen LogP contribution is -1.94. The lowest BCUT2D eigenvalue weighted by atomic mass is 10.0. The lowest BCUT2D eigenvalue weighted by molar-refractivity contribution is -0.385. The van der Waals surface area contributed by atoms with Crippen LogP contribution in [0.3, 0.4) is 0 Å². The Morgan fingerprint density at radius 3 is 2.58 bits per heavy atom. The molecule has 0 N–H and O–H groups in total. The Kier molecular flexibility index (Phi) is 3.66. The minimum absolute atomic E-state index is 0.00946. The summed E-state index contributed by atoms with van der Waals surface area (Å²) >= 11 is 6.19. The smallest absolute Gasteiger partial charge is 0.273 e. The normalized spacial score (nSPS) is 10.3. The average Bonchev–Trinajstić information content (AvgIpc) is 2.41. The Balaban J connectivity index is 2.50. The van der Waals surface area contributed by atoms with Gasteiger partial charge < -0.3 is 4.74 Å². The summed E-state index contributed by atoms with van der Waals surface area (Å²) in [6, 6.07) is 6.58. The van der Waals surface area contributed by atoms with E-state index in [0.717, 1.165) is 5.56 Å². The Morgan fingerprint density at radius 2 is 2.05 bits per heavy atom. The highest BCUT2D eigenvalue weighted by molar-refractivity contribution is 6.34. The molecule has 2 rings (SSSR count). The second kappa shape index (κ2) is 5.24. The Bertz CT molecular complexity index is 627. The molecule has 0 amide bonds. The summed E-state index contributed by atoms with van der Waals surface area (Å²) in [7, 11) is 1.53. The molecule has 0 saturated heterocycles. The van der Waals surface area contributed by atoms with Crippen molar-refractivity contribution in [3.05, 3.63) is 51.2 Å². The van der Waals surface area contributed by atoms with Crippen molar-refractivity contribution >= 4 is 17.3 Å². The van der Waals surface area contributed by atoms with Crippen LogP contribution in [0.2, 0.25) is 5.02 Å². The molecule has 0 spiro atoms. The van der Waals surface area contributed by atoms with Gasteiger partial charge in [0.15, 0.2) is 0 Å². The van der Waals surface area contributed by atoms with Crippen LogP contribution in [0.25, 0.3) is 11.1 Å². The van der Waals surface area contributed by atoms with Crippen LogP contribution in [0, 0.1) is 17.0 Å². The molecule has 0 radical (unpaired) electrons. The number of methoxy groups -OCH3 is 1. The molecule has 2 aromatic rings. The Hall–Kier alpha value is -2.14. The molecule has 0 fully saturated rings. The second-order valence-electron chi connectivity index (χ2n) is 3.92. The summed E-state index contributed by atoms with van der Waals surface area (Å²) in [4.78, 5) is 14.5. The molecule has 0 atom stereocenters. The molecule has 98 valence electrons. The Labute approximate surface area is 115 Å². The molecule has 6 heteroatoms. The molecule has 0 unspecified atom stereocenters. The number of nitrogens with zero attached hydrogens (tertiary/aromatic N) is 2. The largest absolute Gasteiger partial charge is 0.481 e. The number of nitro groups is 1. The van der Waals surface area contributed by atoms with Gasteiger partial charge in [0, 0.05) is 35.0 Å². The van der Waals surface area contributed by atoms with Crippen molar-refractivity contribution in [2.75, 3.05) is 7.11 Å². The lowest BCUT2D eigenvalue weighted by Gasteiger charge is -2.08. The number of rotatable bonds is 3. The van der Waals surface area contributed by atoms with E-state index in [4.69, 9.17) is 16.3 Å². The predicted molar refractivity (Wildman–Crippen MR) is 72.6 cm³/mol. The van der Waals surface area contributed by atoms with E-state index in [1.54, 1.807) is 31.3 Å². The van der Waals surface area contributed by atoms with E-state index in [1.807, 2.05) is 0 Å². The van der Waals surface area contributed by atoms with E-state index in [0.29, 0.717) is 22.0 Å². The zero-order valence-corrected chi connectivity index (χ0v) is 11.1. The monoisotopic (exact) mass is 278 g/mol. The molecule has 0 saturated carbocycles. The van der Waals surface area contributed by atoms with E-state index in [-0.39, 0.29) is 5.69 Å². The van der Waals surface area contributed by atoms with Gasteiger partial charge >= 0.3 is 0 Å². The van der Waals surface area contributed by atoms with Gasteiger partial charge in [0.05, 0.1) is 17.1 Å². The highest BCUT2D eigenvalue weighted by Gasteiger charge is 2.16. The van der Waals surface area contributed by atoms with Crippen LogP contribution in [0.5, 0.6) is 5.88 Å². The SMILES string of the molecule is COc1ccc(-c2ccc([N+](=O)[O-])c(C)c2Cl)cn1. The van der Waals surface area contributed by atoms with Crippen molar-refractivity contribution in [3.63, 3.8) is 0 Å². The summed E-state index contributed by atoms with van der Waals surface area (Å²) in [6.45, 7) is 1.63. The number of pyridine rings is 1. The summed E-state index contributed by atoms with van der Waals surface area (Å²) < 4.78 is 4.98. The van der Waals surface area contributed by atoms with Crippen LogP contribution >= 0.6 is 11.6 Å². The van der Waals surface area contributed by atoms with E-state index in [9.17, 15) is 10.1 Å². The van der Waals surface area contributed by atoms with Crippen LogP contribution in [0.1, 0.15) is 5.56 Å². The first-order valence-electron chi connectivity index (χ1n) is 5.48. The highest BCUT2D eigenvalue weighted by atomic mass is 35.5. The van der Waals surface area contributed by atoms with Crippen molar-refractivity contribution in [2.24, 2.45) is 0 Å². The quantitative estimate of drug-likeness (QED) is 0.635. The maximum absolute atomic E-state index is 10.8. The zero-order valence-electron chi connectivity index (χ0n) is 10.4. The van der Waals surface area contributed by atoms with Gasteiger partial charge in [-0.3, -0.25) is 10.1 Å². The molecule has 0 aliphatic rings. The number of nitro benzene ring substituents is 1. The van der Waals surface area contributed by atoms with Crippen LogP contribution in [0.15, 0.2) is 30.5 Å². The molecule has 0 aliphatic carbocycles. The van der Waals surface area contributed by atoms with Gasteiger partial charge in [-0.25, -0.2) is 4.98 Å². The fourth-order valence-electron chi connectivity index (χ4n) is 1.76. The number of aromatic nitrogens is 1. The molecule has 19 heavy (non-hydrogen) atoms. The molecule has 0 aliphatic heterocycles. The molecule has 5 nitrogen and oxygen atoms in total. The van der Waals surface area contributed by atoms with Crippen molar-refractivity contribution in [1.82, 2.24) is 4.98 Å². The fraction of sp³-hybridized carbons (Fsp3) is 0.154. The van der Waals surface area contributed by atoms with E-state index >= 15 is 0 Å². The minimum Gasteiger partial charge on any atom is -0.481 e. The van der Waals surface area contributed by atoms with Gasteiger partial charge in [0.25, 0.3) is 5.69 Å². The third kappa shape index (κ3) is 2.51. The zero-order chi connectivity index (χ0) is 14.0. The maximum Gasteiger partial charge on any atom is 0.273 e. The van der Waals surface area contributed by atoms with Crippen molar-refractivity contribution in [3.8, 4) is 17.0 Å². The third-order valence-electron chi connectivity index (χ3n) is 2.81. The van der Waals surface area contributed by atoms with Crippen LogP contribution < -0.4 is 4.74 Å². The van der Waals surface area contributed by atoms with Crippen molar-refractivity contribution in [2.45, 2.75) is 6.92 Å². The summed E-state index contributed by atoms with van der Waals surface area (Å²) in [5, 5.41) is 11.2. The maximum atomic E-state index is 10.8. The van der Waals surface area contributed by atoms with Crippen LogP contribution in [0.4, 0.5) is 5.69 Å². The molecule has 0 bridgehead atoms. The fourth-order valence-corrected chi connectivity index (χ4v) is 2.02. The standard InChI is InChI=1S/C13H11ClN2O3/c1-8-11(16(17)18)5-4-10(13(8)14)9-3-6-12(19-2)15-7-9/h3-7H,1-2H3. The van der Waals surface area contributed by atoms with Gasteiger partial charge in [0.2, 0.25) is 5.88 Å². The predicted octanol–water partition coefficient (Wildman–Crippen LogP) is 3.63. The second-order valence-corrected chi connectivity index (χ2v) is 4.30. The molecule has 1 heterocycles. The van der Waals surface area contributed by atoms with Gasteiger partial charge in [-0.1, -0.05) is 11.6 Å². The van der Waals surface area contributed by atoms with Gasteiger partial charge in [-0.15, -0.1) is 0 Å². The number of halogens is 1. The number of ether oxygens (including phenoxy) is 1. The van der Waals surface area contributed by atoms with E-state index in [1.165, 1.54) is 13.2 Å². The number of hydrogen-bond donors (Lipinski definition) is 0. The van der Waals surface area contributed by atoms with Gasteiger partial charge in [-0.05, 0) is 19.1 Å². The van der Waals surface area contributed by atoms with E-state index in [2.05, 4.69) is 4.98 Å². The molecule has 1 aromatic carbocycles. The van der Waals surface area contributed by atoms with Crippen molar-refractivity contribution < 1.29 is 9.66 Å². The Morgan fingerprint density at radius 1 is 1.32 bits per heavy atom. The van der Waals surface area contributed by atoms with E-state index < -0.39 is 4.92 Å². The molecular formula is C13H11ClN2O3. The van der Waals surface area contributed by atoms with Crippen molar-refractivity contribution in [1.29, 1.82) is 0 Å².